The molecule has 0 spiro atoms. The van der Waals surface area contributed by atoms with E-state index in [9.17, 15) is 5.11 Å². The van der Waals surface area contributed by atoms with Crippen LogP contribution in [-0.2, 0) is 19.4 Å². The van der Waals surface area contributed by atoms with Gasteiger partial charge >= 0.3 is 0 Å². The van der Waals surface area contributed by atoms with Gasteiger partial charge in [0.25, 0.3) is 0 Å². The summed E-state index contributed by atoms with van der Waals surface area (Å²) in [6, 6.07) is 9.55. The third-order valence-electron chi connectivity index (χ3n) is 3.88. The molecule has 0 atom stereocenters. The van der Waals surface area contributed by atoms with Crippen molar-refractivity contribution in [2.24, 2.45) is 0 Å². The number of benzene rings is 1. The molecule has 1 aliphatic rings. The van der Waals surface area contributed by atoms with Crippen LogP contribution >= 0.6 is 0 Å². The number of fused-ring (bicyclic) bond motifs is 1. The van der Waals surface area contributed by atoms with Gasteiger partial charge < -0.3 is 19.0 Å². The third kappa shape index (κ3) is 2.85. The summed E-state index contributed by atoms with van der Waals surface area (Å²) in [5.74, 6) is 3.53. The zero-order valence-corrected chi connectivity index (χ0v) is 13.0. The highest BCUT2D eigenvalue weighted by molar-refractivity contribution is 5.46. The first-order chi connectivity index (χ1) is 11.8. The van der Waals surface area contributed by atoms with Crippen molar-refractivity contribution in [1.82, 2.24) is 14.8 Å². The van der Waals surface area contributed by atoms with Crippen LogP contribution in [0.15, 0.2) is 41.0 Å². The lowest BCUT2D eigenvalue weighted by atomic mass is 10.1. The molecule has 7 nitrogen and oxygen atoms in total. The highest BCUT2D eigenvalue weighted by Gasteiger charge is 2.15. The molecule has 0 unspecified atom stereocenters. The lowest BCUT2D eigenvalue weighted by Crippen LogP contribution is -2.09. The molecule has 1 aromatic carbocycles. The Morgan fingerprint density at radius 2 is 2.04 bits per heavy atom. The van der Waals surface area contributed by atoms with E-state index in [0.29, 0.717) is 24.6 Å². The van der Waals surface area contributed by atoms with Crippen molar-refractivity contribution in [2.45, 2.75) is 19.4 Å². The smallest absolute Gasteiger partial charge is 0.231 e. The van der Waals surface area contributed by atoms with Crippen molar-refractivity contribution in [2.75, 3.05) is 13.4 Å². The maximum atomic E-state index is 9.23. The normalized spacial score (nSPS) is 12.7. The van der Waals surface area contributed by atoms with Gasteiger partial charge in [0.05, 0.1) is 19.4 Å². The van der Waals surface area contributed by atoms with Gasteiger partial charge in [0, 0.05) is 6.42 Å². The van der Waals surface area contributed by atoms with Gasteiger partial charge in [-0.15, -0.1) is 5.10 Å². The van der Waals surface area contributed by atoms with Gasteiger partial charge in [-0.3, -0.25) is 0 Å². The molecule has 124 valence electrons. The molecule has 0 amide bonds. The van der Waals surface area contributed by atoms with Crippen LogP contribution in [0.2, 0.25) is 0 Å². The number of rotatable bonds is 6. The molecule has 0 fully saturated rings. The first kappa shape index (κ1) is 14.8. The molecule has 0 saturated carbocycles. The zero-order valence-electron chi connectivity index (χ0n) is 13.0. The summed E-state index contributed by atoms with van der Waals surface area (Å²) in [6.07, 6.45) is 3.08. The minimum atomic E-state index is 0.0119. The van der Waals surface area contributed by atoms with Crippen LogP contribution in [0.1, 0.15) is 11.4 Å². The minimum absolute atomic E-state index is 0.0119. The summed E-state index contributed by atoms with van der Waals surface area (Å²) in [5.41, 5.74) is 1.14. The summed E-state index contributed by atoms with van der Waals surface area (Å²) < 4.78 is 17.8. The van der Waals surface area contributed by atoms with Crippen LogP contribution in [0, 0.1) is 0 Å². The Hall–Kier alpha value is -2.80. The standard InChI is InChI=1S/C17H17N3O4/c21-8-7-20-16(18-17(19-20)14-2-1-9-22-14)6-4-12-3-5-13-15(10-12)24-11-23-13/h1-3,5,9-10,21H,4,6-8,11H2. The lowest BCUT2D eigenvalue weighted by molar-refractivity contribution is 0.174. The minimum Gasteiger partial charge on any atom is -0.461 e. The molecule has 2 aromatic heterocycles. The summed E-state index contributed by atoms with van der Waals surface area (Å²) in [5, 5.41) is 13.7. The first-order valence-electron chi connectivity index (χ1n) is 7.80. The number of ether oxygens (including phenoxy) is 2. The second-order valence-corrected chi connectivity index (χ2v) is 5.46. The maximum absolute atomic E-state index is 9.23. The molecule has 0 bridgehead atoms. The van der Waals surface area contributed by atoms with Crippen LogP contribution in [0.3, 0.4) is 0 Å². The molecule has 4 rings (SSSR count). The molecule has 24 heavy (non-hydrogen) atoms. The van der Waals surface area contributed by atoms with Crippen LogP contribution in [0.4, 0.5) is 0 Å². The van der Waals surface area contributed by atoms with E-state index >= 15 is 0 Å². The van der Waals surface area contributed by atoms with Gasteiger partial charge in [-0.2, -0.15) is 0 Å². The highest BCUT2D eigenvalue weighted by Crippen LogP contribution is 2.32. The Labute approximate surface area is 138 Å². The van der Waals surface area contributed by atoms with Crippen LogP contribution in [-0.4, -0.2) is 33.3 Å². The number of hydrogen-bond acceptors (Lipinski definition) is 6. The number of hydrogen-bond donors (Lipinski definition) is 1. The number of aromatic nitrogens is 3. The van der Waals surface area contributed by atoms with E-state index in [1.807, 2.05) is 24.3 Å². The molecule has 7 heteroatoms. The molecular weight excluding hydrogens is 310 g/mol. The van der Waals surface area contributed by atoms with Gasteiger partial charge in [-0.1, -0.05) is 6.07 Å². The van der Waals surface area contributed by atoms with Gasteiger partial charge in [0.2, 0.25) is 12.6 Å². The predicted octanol–water partition coefficient (Wildman–Crippen LogP) is 2.04. The Balaban J connectivity index is 1.53. The number of aliphatic hydroxyl groups is 1. The molecule has 3 heterocycles. The maximum Gasteiger partial charge on any atom is 0.231 e. The van der Waals surface area contributed by atoms with E-state index in [1.165, 1.54) is 0 Å². The summed E-state index contributed by atoms with van der Waals surface area (Å²) in [4.78, 5) is 4.55. The number of aliphatic hydroxyl groups excluding tert-OH is 1. The van der Waals surface area contributed by atoms with Gasteiger partial charge in [0.15, 0.2) is 17.3 Å². The summed E-state index contributed by atoms with van der Waals surface area (Å²) >= 11 is 0. The molecule has 0 saturated heterocycles. The van der Waals surface area contributed by atoms with E-state index in [4.69, 9.17) is 13.9 Å². The monoisotopic (exact) mass is 327 g/mol. The molecule has 1 aliphatic heterocycles. The molecule has 3 aromatic rings. The topological polar surface area (TPSA) is 82.5 Å². The molecule has 0 aliphatic carbocycles. The molecule has 1 N–H and O–H groups in total. The number of aryl methyl sites for hydroxylation is 2. The van der Waals surface area contributed by atoms with Crippen molar-refractivity contribution < 1.29 is 19.0 Å². The second kappa shape index (κ2) is 6.37. The van der Waals surface area contributed by atoms with Gasteiger partial charge in [-0.25, -0.2) is 9.67 Å². The fraction of sp³-hybridized carbons (Fsp3) is 0.294. The Bertz CT molecular complexity index is 826. The van der Waals surface area contributed by atoms with Crippen LogP contribution in [0.5, 0.6) is 11.5 Å². The average Bonchev–Trinajstić information content (AvgIpc) is 3.33. The summed E-state index contributed by atoms with van der Waals surface area (Å²) in [6.45, 7) is 0.693. The lowest BCUT2D eigenvalue weighted by Gasteiger charge is -2.05. The van der Waals surface area contributed by atoms with E-state index in [2.05, 4.69) is 10.1 Å². The third-order valence-corrected chi connectivity index (χ3v) is 3.88. The van der Waals surface area contributed by atoms with E-state index in [-0.39, 0.29) is 13.4 Å². The largest absolute Gasteiger partial charge is 0.461 e. The van der Waals surface area contributed by atoms with E-state index < -0.39 is 0 Å². The van der Waals surface area contributed by atoms with Crippen LogP contribution in [0.25, 0.3) is 11.6 Å². The number of furan rings is 1. The molecule has 0 radical (unpaired) electrons. The zero-order chi connectivity index (χ0) is 16.4. The fourth-order valence-electron chi connectivity index (χ4n) is 2.70. The quantitative estimate of drug-likeness (QED) is 0.746. The van der Waals surface area contributed by atoms with Crippen molar-refractivity contribution in [3.8, 4) is 23.1 Å². The fourth-order valence-corrected chi connectivity index (χ4v) is 2.70. The Morgan fingerprint density at radius 1 is 1.12 bits per heavy atom. The average molecular weight is 327 g/mol. The number of nitrogens with zero attached hydrogens (tertiary/aromatic N) is 3. The first-order valence-corrected chi connectivity index (χ1v) is 7.80. The predicted molar refractivity (Wildman–Crippen MR) is 84.8 cm³/mol. The molecular formula is C17H17N3O4. The Kier molecular flexibility index (Phi) is 3.92. The second-order valence-electron chi connectivity index (χ2n) is 5.46. The van der Waals surface area contributed by atoms with Crippen molar-refractivity contribution in [3.63, 3.8) is 0 Å². The van der Waals surface area contributed by atoms with Crippen molar-refractivity contribution >= 4 is 0 Å². The van der Waals surface area contributed by atoms with Gasteiger partial charge in [0.1, 0.15) is 5.82 Å². The van der Waals surface area contributed by atoms with Gasteiger partial charge in [-0.05, 0) is 36.2 Å². The van der Waals surface area contributed by atoms with E-state index in [0.717, 1.165) is 29.3 Å². The SMILES string of the molecule is OCCn1nc(-c2ccco2)nc1CCc1ccc2c(c1)OCO2. The highest BCUT2D eigenvalue weighted by atomic mass is 16.7. The van der Waals surface area contributed by atoms with E-state index in [1.54, 1.807) is 17.0 Å². The van der Waals surface area contributed by atoms with Crippen molar-refractivity contribution in [3.05, 3.63) is 48.0 Å². The summed E-state index contributed by atoms with van der Waals surface area (Å²) in [7, 11) is 0. The van der Waals surface area contributed by atoms with Crippen LogP contribution < -0.4 is 9.47 Å². The Morgan fingerprint density at radius 3 is 2.88 bits per heavy atom. The van der Waals surface area contributed by atoms with Crippen molar-refractivity contribution in [1.29, 1.82) is 0 Å².